The number of benzene rings is 2. The molecule has 0 saturated carbocycles. The third-order valence-electron chi connectivity index (χ3n) is 2.79. The van der Waals surface area contributed by atoms with E-state index in [1.165, 1.54) is 48.6 Å². The van der Waals surface area contributed by atoms with Crippen molar-refractivity contribution in [3.63, 3.8) is 0 Å². The Labute approximate surface area is 152 Å². The molecule has 0 bridgehead atoms. The van der Waals surface area contributed by atoms with Crippen LogP contribution in [-0.4, -0.2) is 12.5 Å². The lowest BCUT2D eigenvalue weighted by Crippen LogP contribution is -2.09. The second-order valence-electron chi connectivity index (χ2n) is 4.51. The van der Waals surface area contributed by atoms with Crippen LogP contribution in [0.3, 0.4) is 0 Å². The molecule has 2 aromatic carbocycles. The second kappa shape index (κ2) is 8.34. The number of nitrogens with one attached hydrogen (secondary N) is 1. The highest BCUT2D eigenvalue weighted by molar-refractivity contribution is 9.11. The molecule has 0 saturated heterocycles. The Balaban J connectivity index is 2.03. The maximum absolute atomic E-state index is 13.2. The van der Waals surface area contributed by atoms with Crippen molar-refractivity contribution in [1.29, 1.82) is 0 Å². The fourth-order valence-corrected chi connectivity index (χ4v) is 3.09. The summed E-state index contributed by atoms with van der Waals surface area (Å²) in [6.07, 6.45) is 2.78. The van der Waals surface area contributed by atoms with Crippen LogP contribution in [0.15, 0.2) is 51.4 Å². The molecule has 2 aromatic rings. The molecule has 0 aliphatic rings. The van der Waals surface area contributed by atoms with Gasteiger partial charge in [-0.3, -0.25) is 4.79 Å². The van der Waals surface area contributed by atoms with Gasteiger partial charge in [-0.2, -0.15) is 8.78 Å². The van der Waals surface area contributed by atoms with Crippen molar-refractivity contribution in [3.05, 3.63) is 62.8 Å². The predicted octanol–water partition coefficient (Wildman–Crippen LogP) is 5.60. The van der Waals surface area contributed by atoms with E-state index in [1.807, 2.05) is 0 Å². The number of carbonyl (C=O) groups excluding carboxylic acids is 1. The summed E-state index contributed by atoms with van der Waals surface area (Å²) in [4.78, 5) is 11.9. The lowest BCUT2D eigenvalue weighted by Gasteiger charge is -2.08. The molecule has 0 unspecified atom stereocenters. The number of rotatable bonds is 5. The lowest BCUT2D eigenvalue weighted by atomic mass is 10.2. The summed E-state index contributed by atoms with van der Waals surface area (Å²) in [5, 5.41) is 2.60. The summed E-state index contributed by atoms with van der Waals surface area (Å²) < 4.78 is 42.3. The van der Waals surface area contributed by atoms with E-state index in [2.05, 4.69) is 41.9 Å². The number of amides is 1. The minimum atomic E-state index is -2.88. The summed E-state index contributed by atoms with van der Waals surface area (Å²) in [5.41, 5.74) is 1.02. The van der Waals surface area contributed by atoms with Crippen molar-refractivity contribution in [3.8, 4) is 5.75 Å². The number of hydrogen-bond acceptors (Lipinski definition) is 2. The Morgan fingerprint density at radius 1 is 1.12 bits per heavy atom. The summed E-state index contributed by atoms with van der Waals surface area (Å²) in [5.74, 6) is -0.852. The smallest absolute Gasteiger partial charge is 0.387 e. The fraction of sp³-hybridized carbons (Fsp3) is 0.0625. The molecule has 0 aliphatic carbocycles. The maximum atomic E-state index is 13.2. The van der Waals surface area contributed by atoms with E-state index >= 15 is 0 Å². The zero-order valence-electron chi connectivity index (χ0n) is 11.9. The normalized spacial score (nSPS) is 11.1. The zero-order valence-corrected chi connectivity index (χ0v) is 15.1. The minimum Gasteiger partial charge on any atom is -0.435 e. The van der Waals surface area contributed by atoms with Gasteiger partial charge in [0.2, 0.25) is 5.91 Å². The second-order valence-corrected chi connectivity index (χ2v) is 6.22. The van der Waals surface area contributed by atoms with Crippen LogP contribution >= 0.6 is 31.9 Å². The molecule has 24 heavy (non-hydrogen) atoms. The number of hydrogen-bond donors (Lipinski definition) is 1. The Bertz CT molecular complexity index is 741. The number of anilines is 1. The van der Waals surface area contributed by atoms with Gasteiger partial charge >= 0.3 is 6.61 Å². The number of ether oxygens (including phenoxy) is 1. The molecule has 3 nitrogen and oxygen atoms in total. The molecule has 0 aliphatic heterocycles. The Kier molecular flexibility index (Phi) is 6.44. The van der Waals surface area contributed by atoms with Crippen molar-refractivity contribution < 1.29 is 22.7 Å². The van der Waals surface area contributed by atoms with Gasteiger partial charge in [0.25, 0.3) is 0 Å². The van der Waals surface area contributed by atoms with E-state index in [0.717, 1.165) is 0 Å². The standard InChI is InChI=1S/C16H10Br2F3NO2/c17-12-7-10(19)8-13(18)15(12)22-14(23)6-3-9-1-4-11(5-2-9)24-16(20)21/h1-8,16H,(H,22,23). The van der Waals surface area contributed by atoms with Crippen molar-refractivity contribution in [1.82, 2.24) is 0 Å². The summed E-state index contributed by atoms with van der Waals surface area (Å²) >= 11 is 6.33. The first kappa shape index (κ1) is 18.5. The third-order valence-corrected chi connectivity index (χ3v) is 4.04. The highest BCUT2D eigenvalue weighted by Crippen LogP contribution is 2.32. The minimum absolute atomic E-state index is 0.0331. The molecule has 0 aromatic heterocycles. The van der Waals surface area contributed by atoms with E-state index in [0.29, 0.717) is 20.2 Å². The molecule has 8 heteroatoms. The molecule has 0 fully saturated rings. The average Bonchev–Trinajstić information content (AvgIpc) is 2.49. The fourth-order valence-electron chi connectivity index (χ4n) is 1.76. The van der Waals surface area contributed by atoms with Crippen LogP contribution in [-0.2, 0) is 4.79 Å². The van der Waals surface area contributed by atoms with Gasteiger partial charge in [0, 0.05) is 15.0 Å². The van der Waals surface area contributed by atoms with E-state index in [1.54, 1.807) is 0 Å². The molecule has 0 atom stereocenters. The van der Waals surface area contributed by atoms with Crippen molar-refractivity contribution in [2.75, 3.05) is 5.32 Å². The number of alkyl halides is 2. The van der Waals surface area contributed by atoms with Gasteiger partial charge in [0.1, 0.15) is 11.6 Å². The topological polar surface area (TPSA) is 38.3 Å². The van der Waals surface area contributed by atoms with Gasteiger partial charge in [0.15, 0.2) is 0 Å². The third kappa shape index (κ3) is 5.38. The van der Waals surface area contributed by atoms with Gasteiger partial charge < -0.3 is 10.1 Å². The molecule has 0 spiro atoms. The monoisotopic (exact) mass is 463 g/mol. The first-order valence-electron chi connectivity index (χ1n) is 6.53. The first-order chi connectivity index (χ1) is 11.3. The summed E-state index contributed by atoms with van der Waals surface area (Å²) in [6, 6.07) is 8.27. The van der Waals surface area contributed by atoms with E-state index in [9.17, 15) is 18.0 Å². The Morgan fingerprint density at radius 2 is 1.71 bits per heavy atom. The van der Waals surface area contributed by atoms with Crippen LogP contribution in [0.25, 0.3) is 6.08 Å². The highest BCUT2D eigenvalue weighted by atomic mass is 79.9. The van der Waals surface area contributed by atoms with E-state index in [4.69, 9.17) is 0 Å². The molecule has 2 rings (SSSR count). The Hall–Kier alpha value is -1.80. The first-order valence-corrected chi connectivity index (χ1v) is 8.12. The SMILES string of the molecule is O=C(C=Cc1ccc(OC(F)F)cc1)Nc1c(Br)cc(F)cc1Br. The zero-order chi connectivity index (χ0) is 17.7. The molecule has 126 valence electrons. The molecule has 1 N–H and O–H groups in total. The maximum Gasteiger partial charge on any atom is 0.387 e. The van der Waals surface area contributed by atoms with Crippen LogP contribution in [0.4, 0.5) is 18.9 Å². The molecular weight excluding hydrogens is 455 g/mol. The van der Waals surface area contributed by atoms with Crippen LogP contribution < -0.4 is 10.1 Å². The van der Waals surface area contributed by atoms with Crippen LogP contribution in [0.1, 0.15) is 5.56 Å². The highest BCUT2D eigenvalue weighted by Gasteiger charge is 2.09. The van der Waals surface area contributed by atoms with Crippen molar-refractivity contribution in [2.24, 2.45) is 0 Å². The predicted molar refractivity (Wildman–Crippen MR) is 92.5 cm³/mol. The van der Waals surface area contributed by atoms with Crippen LogP contribution in [0.2, 0.25) is 0 Å². The van der Waals surface area contributed by atoms with Crippen LogP contribution in [0.5, 0.6) is 5.75 Å². The van der Waals surface area contributed by atoms with Crippen molar-refractivity contribution in [2.45, 2.75) is 6.61 Å². The van der Waals surface area contributed by atoms with Gasteiger partial charge in [0.05, 0.1) is 5.69 Å². The molecule has 0 heterocycles. The molecule has 1 amide bonds. The average molecular weight is 465 g/mol. The van der Waals surface area contributed by atoms with Gasteiger partial charge in [-0.05, 0) is 67.8 Å². The Morgan fingerprint density at radius 3 is 2.25 bits per heavy atom. The van der Waals surface area contributed by atoms with Crippen LogP contribution in [0, 0.1) is 5.82 Å². The lowest BCUT2D eigenvalue weighted by molar-refractivity contribution is -0.111. The van der Waals surface area contributed by atoms with Gasteiger partial charge in [-0.25, -0.2) is 4.39 Å². The number of halogens is 5. The van der Waals surface area contributed by atoms with Gasteiger partial charge in [-0.15, -0.1) is 0 Å². The van der Waals surface area contributed by atoms with E-state index in [-0.39, 0.29) is 5.75 Å². The molecular formula is C16H10Br2F3NO2. The quantitative estimate of drug-likeness (QED) is 0.584. The van der Waals surface area contributed by atoms with Crippen molar-refractivity contribution >= 4 is 49.5 Å². The molecule has 0 radical (unpaired) electrons. The largest absolute Gasteiger partial charge is 0.435 e. The van der Waals surface area contributed by atoms with E-state index < -0.39 is 18.3 Å². The number of carbonyl (C=O) groups is 1. The van der Waals surface area contributed by atoms with Gasteiger partial charge in [-0.1, -0.05) is 12.1 Å². The summed E-state index contributed by atoms with van der Waals surface area (Å²) in [7, 11) is 0. The summed E-state index contributed by atoms with van der Waals surface area (Å²) in [6.45, 7) is -2.88.